The third-order valence-corrected chi connectivity index (χ3v) is 6.85. The van der Waals surface area contributed by atoms with Crippen molar-refractivity contribution in [3.63, 3.8) is 0 Å². The van der Waals surface area contributed by atoms with Gasteiger partial charge in [-0.15, -0.1) is 0 Å². The van der Waals surface area contributed by atoms with Gasteiger partial charge in [-0.1, -0.05) is 42.0 Å². The number of carbonyl (C=O) groups is 1. The molecule has 1 heterocycles. The molecule has 0 bridgehead atoms. The van der Waals surface area contributed by atoms with Crippen LogP contribution in [0.25, 0.3) is 11.1 Å². The van der Waals surface area contributed by atoms with E-state index in [1.54, 1.807) is 12.1 Å². The zero-order chi connectivity index (χ0) is 21.1. The standard InChI is InChI=1S/C24H27NO4S/c1-30(27,28)21-12-10-18(11-13-21)22-9-5-8-19-15-20(29-24(19)22)16-25-23(26)14-17-6-3-2-4-7-17/h5-6,8-13,20H,2-4,7,14-16H2,1H3,(H,25,26). The molecule has 5 nitrogen and oxygen atoms in total. The van der Waals surface area contributed by atoms with Gasteiger partial charge >= 0.3 is 0 Å². The van der Waals surface area contributed by atoms with Crippen LogP contribution in [-0.4, -0.2) is 33.2 Å². The summed E-state index contributed by atoms with van der Waals surface area (Å²) in [4.78, 5) is 12.6. The first-order valence-electron chi connectivity index (χ1n) is 10.4. The molecule has 0 saturated carbocycles. The summed E-state index contributed by atoms with van der Waals surface area (Å²) >= 11 is 0. The van der Waals surface area contributed by atoms with E-state index in [4.69, 9.17) is 4.74 Å². The molecular formula is C24H27NO4S. The lowest BCUT2D eigenvalue weighted by atomic mass is 9.97. The maximum absolute atomic E-state index is 12.3. The normalized spacial score (nSPS) is 18.3. The van der Waals surface area contributed by atoms with Crippen molar-refractivity contribution in [1.82, 2.24) is 5.32 Å². The number of ether oxygens (including phenoxy) is 1. The van der Waals surface area contributed by atoms with Gasteiger partial charge in [-0.05, 0) is 48.9 Å². The highest BCUT2D eigenvalue weighted by molar-refractivity contribution is 7.90. The molecule has 0 fully saturated rings. The van der Waals surface area contributed by atoms with E-state index in [1.165, 1.54) is 24.7 Å². The van der Waals surface area contributed by atoms with Crippen molar-refractivity contribution in [3.8, 4) is 16.9 Å². The van der Waals surface area contributed by atoms with Crippen LogP contribution in [0.4, 0.5) is 0 Å². The molecule has 0 spiro atoms. The summed E-state index contributed by atoms with van der Waals surface area (Å²) in [6.07, 6.45) is 9.04. The number of carbonyl (C=O) groups excluding carboxylic acids is 1. The topological polar surface area (TPSA) is 72.5 Å². The molecule has 6 heteroatoms. The van der Waals surface area contributed by atoms with E-state index < -0.39 is 9.84 Å². The van der Waals surface area contributed by atoms with Crippen LogP contribution in [0.5, 0.6) is 5.75 Å². The molecule has 0 saturated heterocycles. The second-order valence-electron chi connectivity index (χ2n) is 8.12. The highest BCUT2D eigenvalue weighted by Gasteiger charge is 2.26. The Bertz CT molecular complexity index is 1070. The Morgan fingerprint density at radius 1 is 1.13 bits per heavy atom. The lowest BCUT2D eigenvalue weighted by Crippen LogP contribution is -2.34. The van der Waals surface area contributed by atoms with E-state index >= 15 is 0 Å². The van der Waals surface area contributed by atoms with Crippen molar-refractivity contribution in [2.24, 2.45) is 0 Å². The number of benzene rings is 2. The van der Waals surface area contributed by atoms with Crippen molar-refractivity contribution < 1.29 is 17.9 Å². The van der Waals surface area contributed by atoms with E-state index in [1.807, 2.05) is 30.3 Å². The minimum Gasteiger partial charge on any atom is -0.487 e. The Morgan fingerprint density at radius 3 is 2.63 bits per heavy atom. The van der Waals surface area contributed by atoms with Crippen molar-refractivity contribution in [2.75, 3.05) is 12.8 Å². The summed E-state index contributed by atoms with van der Waals surface area (Å²) in [5, 5.41) is 3.02. The molecule has 30 heavy (non-hydrogen) atoms. The number of rotatable bonds is 6. The van der Waals surface area contributed by atoms with Gasteiger partial charge in [0, 0.05) is 24.7 Å². The Kier molecular flexibility index (Phi) is 5.95. The minimum absolute atomic E-state index is 0.0549. The lowest BCUT2D eigenvalue weighted by Gasteiger charge is -2.15. The van der Waals surface area contributed by atoms with Gasteiger partial charge < -0.3 is 10.1 Å². The Morgan fingerprint density at radius 2 is 1.93 bits per heavy atom. The highest BCUT2D eigenvalue weighted by atomic mass is 32.2. The van der Waals surface area contributed by atoms with Crippen molar-refractivity contribution in [3.05, 3.63) is 59.7 Å². The van der Waals surface area contributed by atoms with Gasteiger partial charge in [0.1, 0.15) is 11.9 Å². The first kappa shape index (κ1) is 20.7. The lowest BCUT2D eigenvalue weighted by molar-refractivity contribution is -0.120. The summed E-state index contributed by atoms with van der Waals surface area (Å²) in [5.41, 5.74) is 4.20. The van der Waals surface area contributed by atoms with Crippen LogP contribution in [-0.2, 0) is 21.1 Å². The second kappa shape index (κ2) is 8.64. The monoisotopic (exact) mass is 425 g/mol. The molecule has 1 aliphatic heterocycles. The molecule has 1 aliphatic carbocycles. The molecule has 1 atom stereocenters. The van der Waals surface area contributed by atoms with Crippen LogP contribution in [0.3, 0.4) is 0 Å². The van der Waals surface area contributed by atoms with Crippen LogP contribution in [0.15, 0.2) is 59.0 Å². The van der Waals surface area contributed by atoms with Gasteiger partial charge in [0.15, 0.2) is 9.84 Å². The number of sulfone groups is 1. The molecule has 2 aromatic carbocycles. The number of para-hydroxylation sites is 1. The second-order valence-corrected chi connectivity index (χ2v) is 10.1. The molecule has 2 aliphatic rings. The fourth-order valence-corrected chi connectivity index (χ4v) is 4.75. The van der Waals surface area contributed by atoms with Gasteiger partial charge in [-0.2, -0.15) is 0 Å². The van der Waals surface area contributed by atoms with Gasteiger partial charge in [0.25, 0.3) is 0 Å². The average Bonchev–Trinajstić information content (AvgIpc) is 3.16. The van der Waals surface area contributed by atoms with E-state index in [0.717, 1.165) is 41.7 Å². The Balaban J connectivity index is 1.41. The van der Waals surface area contributed by atoms with Gasteiger partial charge in [-0.25, -0.2) is 8.42 Å². The summed E-state index contributed by atoms with van der Waals surface area (Å²) in [7, 11) is -3.22. The minimum atomic E-state index is -3.22. The van der Waals surface area contributed by atoms with E-state index in [-0.39, 0.29) is 12.0 Å². The number of allylic oxidation sites excluding steroid dienone is 1. The summed E-state index contributed by atoms with van der Waals surface area (Å²) in [6, 6.07) is 12.9. The predicted octanol–water partition coefficient (Wildman–Crippen LogP) is 4.07. The number of hydrogen-bond donors (Lipinski definition) is 1. The van der Waals surface area contributed by atoms with Crippen molar-refractivity contribution >= 4 is 15.7 Å². The van der Waals surface area contributed by atoms with E-state index in [0.29, 0.717) is 17.9 Å². The third kappa shape index (κ3) is 4.75. The predicted molar refractivity (Wildman–Crippen MR) is 117 cm³/mol. The SMILES string of the molecule is CS(=O)(=O)c1ccc(-c2cccc3c2OC(CNC(=O)CC2=CCCCC2)C3)cc1. The fraction of sp³-hybridized carbons (Fsp3) is 0.375. The molecule has 1 unspecified atom stereocenters. The molecule has 158 valence electrons. The first-order chi connectivity index (χ1) is 14.4. The number of hydrogen-bond acceptors (Lipinski definition) is 4. The van der Waals surface area contributed by atoms with E-state index in [9.17, 15) is 13.2 Å². The van der Waals surface area contributed by atoms with Crippen LogP contribution in [0, 0.1) is 0 Å². The highest BCUT2D eigenvalue weighted by Crippen LogP contribution is 2.39. The van der Waals surface area contributed by atoms with Crippen LogP contribution in [0.1, 0.15) is 37.7 Å². The zero-order valence-corrected chi connectivity index (χ0v) is 18.0. The van der Waals surface area contributed by atoms with Gasteiger partial charge in [0.05, 0.1) is 11.4 Å². The maximum Gasteiger partial charge on any atom is 0.224 e. The van der Waals surface area contributed by atoms with Crippen molar-refractivity contribution in [1.29, 1.82) is 0 Å². The molecule has 2 aromatic rings. The summed E-state index contributed by atoms with van der Waals surface area (Å²) in [6.45, 7) is 0.479. The van der Waals surface area contributed by atoms with Crippen molar-refractivity contribution in [2.45, 2.75) is 49.5 Å². The first-order valence-corrected chi connectivity index (χ1v) is 12.3. The Labute approximate surface area is 178 Å². The van der Waals surface area contributed by atoms with Gasteiger partial charge in [-0.3, -0.25) is 4.79 Å². The van der Waals surface area contributed by atoms with Gasteiger partial charge in [0.2, 0.25) is 5.91 Å². The van der Waals surface area contributed by atoms with Crippen LogP contribution >= 0.6 is 0 Å². The van der Waals surface area contributed by atoms with Crippen LogP contribution < -0.4 is 10.1 Å². The number of nitrogens with one attached hydrogen (secondary N) is 1. The molecular weight excluding hydrogens is 398 g/mol. The zero-order valence-electron chi connectivity index (χ0n) is 17.2. The quantitative estimate of drug-likeness (QED) is 0.708. The largest absolute Gasteiger partial charge is 0.487 e. The fourth-order valence-electron chi connectivity index (χ4n) is 4.12. The molecule has 4 rings (SSSR count). The number of amides is 1. The van der Waals surface area contributed by atoms with E-state index in [2.05, 4.69) is 11.4 Å². The number of fused-ring (bicyclic) bond motifs is 1. The molecule has 1 N–H and O–H groups in total. The molecule has 0 radical (unpaired) electrons. The molecule has 0 aromatic heterocycles. The maximum atomic E-state index is 12.3. The smallest absolute Gasteiger partial charge is 0.224 e. The molecule has 1 amide bonds. The van der Waals surface area contributed by atoms with Crippen LogP contribution in [0.2, 0.25) is 0 Å². The third-order valence-electron chi connectivity index (χ3n) is 5.72. The summed E-state index contributed by atoms with van der Waals surface area (Å²) < 4.78 is 29.6. The summed E-state index contributed by atoms with van der Waals surface area (Å²) in [5.74, 6) is 0.873. The Hall–Kier alpha value is -2.60. The average molecular weight is 426 g/mol.